The van der Waals surface area contributed by atoms with Crippen LogP contribution in [-0.2, 0) is 6.18 Å². The van der Waals surface area contributed by atoms with Crippen molar-refractivity contribution in [3.05, 3.63) is 89.4 Å². The molecule has 10 heteroatoms. The maximum Gasteiger partial charge on any atom is 0.416 e. The number of nitrogens with one attached hydrogen (secondary N) is 2. The Kier molecular flexibility index (Phi) is 5.81. The molecule has 5 aromatic rings. The number of carbonyl (C=O) groups is 1. The smallest absolute Gasteiger partial charge is 0.392 e. The summed E-state index contributed by atoms with van der Waals surface area (Å²) in [6.45, 7) is 1.81. The second kappa shape index (κ2) is 8.97. The SMILES string of the molecule is Cc1c(/C=C/CO)ccc2nc(C(=O)Nc3nc4ccc(-c5cccc(C(F)(F)F)c5)cc4[nH]3)cn12. The summed E-state index contributed by atoms with van der Waals surface area (Å²) >= 11 is 0. The molecule has 36 heavy (non-hydrogen) atoms. The monoisotopic (exact) mass is 491 g/mol. The topological polar surface area (TPSA) is 95.3 Å². The molecule has 3 heterocycles. The third-order valence-electron chi connectivity index (χ3n) is 5.80. The number of alkyl halides is 3. The van der Waals surface area contributed by atoms with Crippen molar-refractivity contribution in [1.82, 2.24) is 19.4 Å². The van der Waals surface area contributed by atoms with Crippen molar-refractivity contribution in [2.75, 3.05) is 11.9 Å². The van der Waals surface area contributed by atoms with Crippen LogP contribution in [0, 0.1) is 6.92 Å². The fraction of sp³-hybridized carbons (Fsp3) is 0.115. The van der Waals surface area contributed by atoms with Gasteiger partial charge in [-0.05, 0) is 60.0 Å². The molecule has 0 saturated heterocycles. The van der Waals surface area contributed by atoms with E-state index in [0.717, 1.165) is 23.4 Å². The third-order valence-corrected chi connectivity index (χ3v) is 5.80. The minimum absolute atomic E-state index is 0.0754. The Bertz CT molecular complexity index is 1630. The number of aliphatic hydroxyl groups excluding tert-OH is 1. The molecule has 0 aliphatic carbocycles. The largest absolute Gasteiger partial charge is 0.416 e. The minimum Gasteiger partial charge on any atom is -0.392 e. The van der Waals surface area contributed by atoms with E-state index in [2.05, 4.69) is 20.3 Å². The summed E-state index contributed by atoms with van der Waals surface area (Å²) in [6, 6.07) is 13.8. The summed E-state index contributed by atoms with van der Waals surface area (Å²) in [7, 11) is 0. The average Bonchev–Trinajstić information content (AvgIpc) is 3.47. The van der Waals surface area contributed by atoms with Gasteiger partial charge in [0.2, 0.25) is 5.95 Å². The summed E-state index contributed by atoms with van der Waals surface area (Å²) in [5.41, 5.74) is 3.90. The van der Waals surface area contributed by atoms with Crippen LogP contribution in [0.5, 0.6) is 0 Å². The highest BCUT2D eigenvalue weighted by Gasteiger charge is 2.30. The molecule has 1 amide bonds. The van der Waals surface area contributed by atoms with Crippen molar-refractivity contribution < 1.29 is 23.1 Å². The Morgan fingerprint density at radius 2 is 1.92 bits per heavy atom. The highest BCUT2D eigenvalue weighted by molar-refractivity contribution is 6.03. The number of imidazole rings is 2. The molecule has 7 nitrogen and oxygen atoms in total. The first-order chi connectivity index (χ1) is 17.2. The molecule has 0 radical (unpaired) electrons. The van der Waals surface area contributed by atoms with Crippen molar-refractivity contribution in [2.24, 2.45) is 0 Å². The number of halogens is 3. The van der Waals surface area contributed by atoms with Crippen LogP contribution in [0.3, 0.4) is 0 Å². The Morgan fingerprint density at radius 1 is 1.11 bits per heavy atom. The van der Waals surface area contributed by atoms with Gasteiger partial charge in [-0.2, -0.15) is 13.2 Å². The predicted octanol–water partition coefficient (Wildman–Crippen LogP) is 5.46. The zero-order valence-electron chi connectivity index (χ0n) is 19.0. The summed E-state index contributed by atoms with van der Waals surface area (Å²) < 4.78 is 41.0. The van der Waals surface area contributed by atoms with E-state index in [4.69, 9.17) is 5.11 Å². The lowest BCUT2D eigenvalue weighted by Gasteiger charge is -2.08. The molecule has 182 valence electrons. The summed E-state index contributed by atoms with van der Waals surface area (Å²) in [4.78, 5) is 24.6. The fourth-order valence-electron chi connectivity index (χ4n) is 3.97. The van der Waals surface area contributed by atoms with Crippen molar-refractivity contribution in [1.29, 1.82) is 0 Å². The van der Waals surface area contributed by atoms with Gasteiger partial charge in [0.1, 0.15) is 11.3 Å². The van der Waals surface area contributed by atoms with E-state index in [0.29, 0.717) is 27.8 Å². The molecule has 3 N–H and O–H groups in total. The normalized spacial score (nSPS) is 12.1. The van der Waals surface area contributed by atoms with Crippen LogP contribution in [0.1, 0.15) is 27.3 Å². The number of aliphatic hydroxyl groups is 1. The Labute approximate surface area is 202 Å². The van der Waals surface area contributed by atoms with E-state index in [9.17, 15) is 18.0 Å². The number of hydrogen-bond acceptors (Lipinski definition) is 4. The molecule has 5 rings (SSSR count). The average molecular weight is 491 g/mol. The molecule has 0 fully saturated rings. The van der Waals surface area contributed by atoms with E-state index in [1.165, 1.54) is 6.07 Å². The number of benzene rings is 2. The number of hydrogen-bond donors (Lipinski definition) is 3. The van der Waals surface area contributed by atoms with Crippen LogP contribution in [-0.4, -0.2) is 37.0 Å². The van der Waals surface area contributed by atoms with Gasteiger partial charge in [-0.1, -0.05) is 30.4 Å². The zero-order chi connectivity index (χ0) is 25.4. The Balaban J connectivity index is 1.40. The van der Waals surface area contributed by atoms with Gasteiger partial charge in [0.05, 0.1) is 23.2 Å². The van der Waals surface area contributed by atoms with E-state index in [-0.39, 0.29) is 18.2 Å². The van der Waals surface area contributed by atoms with Gasteiger partial charge in [-0.3, -0.25) is 10.1 Å². The predicted molar refractivity (Wildman–Crippen MR) is 131 cm³/mol. The fourth-order valence-corrected chi connectivity index (χ4v) is 3.97. The number of fused-ring (bicyclic) bond motifs is 2. The standard InChI is InChI=1S/C26H20F3N5O2/c1-15-16(5-3-11-35)8-10-23-30-22(14-34(15)23)24(36)33-25-31-20-9-7-18(13-21(20)32-25)17-4-2-6-19(12-17)26(27,28)29/h2-10,12-14,35H,11H2,1H3,(H2,31,32,33,36)/b5-3+. The lowest BCUT2D eigenvalue weighted by molar-refractivity contribution is -0.137. The van der Waals surface area contributed by atoms with Crippen molar-refractivity contribution >= 4 is 34.6 Å². The van der Waals surface area contributed by atoms with Crippen molar-refractivity contribution in [2.45, 2.75) is 13.1 Å². The quantitative estimate of drug-likeness (QED) is 0.304. The van der Waals surface area contributed by atoms with E-state index in [1.54, 1.807) is 53.1 Å². The van der Waals surface area contributed by atoms with Crippen LogP contribution < -0.4 is 5.32 Å². The molecule has 2 aromatic carbocycles. The van der Waals surface area contributed by atoms with Gasteiger partial charge >= 0.3 is 6.18 Å². The number of H-pyrrole nitrogens is 1. The molecule has 0 aliphatic rings. The van der Waals surface area contributed by atoms with Gasteiger partial charge in [0.25, 0.3) is 5.91 Å². The first kappa shape index (κ1) is 23.3. The number of nitrogens with zero attached hydrogens (tertiary/aromatic N) is 3. The van der Waals surface area contributed by atoms with E-state index >= 15 is 0 Å². The van der Waals surface area contributed by atoms with Gasteiger partial charge in [0.15, 0.2) is 0 Å². The molecule has 0 unspecified atom stereocenters. The van der Waals surface area contributed by atoms with Gasteiger partial charge in [-0.25, -0.2) is 9.97 Å². The van der Waals surface area contributed by atoms with Crippen LogP contribution in [0.15, 0.2) is 66.9 Å². The van der Waals surface area contributed by atoms with Crippen LogP contribution in [0.25, 0.3) is 33.9 Å². The van der Waals surface area contributed by atoms with Crippen LogP contribution in [0.2, 0.25) is 0 Å². The molecule has 0 spiro atoms. The number of anilines is 1. The van der Waals surface area contributed by atoms with Crippen LogP contribution in [0.4, 0.5) is 19.1 Å². The molecule has 0 bridgehead atoms. The van der Waals surface area contributed by atoms with Crippen molar-refractivity contribution in [3.63, 3.8) is 0 Å². The first-order valence-electron chi connectivity index (χ1n) is 11.0. The summed E-state index contributed by atoms with van der Waals surface area (Å²) in [5.74, 6) is -0.278. The maximum absolute atomic E-state index is 13.1. The number of aromatic amines is 1. The van der Waals surface area contributed by atoms with E-state index < -0.39 is 17.6 Å². The Hall–Kier alpha value is -4.44. The molecular weight excluding hydrogens is 471 g/mol. The lowest BCUT2D eigenvalue weighted by atomic mass is 10.0. The molecule has 0 atom stereocenters. The number of rotatable bonds is 5. The number of aromatic nitrogens is 4. The number of carbonyl (C=O) groups excluding carboxylic acids is 1. The Morgan fingerprint density at radius 3 is 2.69 bits per heavy atom. The highest BCUT2D eigenvalue weighted by Crippen LogP contribution is 2.33. The van der Waals surface area contributed by atoms with Crippen molar-refractivity contribution in [3.8, 4) is 11.1 Å². The second-order valence-electron chi connectivity index (χ2n) is 8.16. The third kappa shape index (κ3) is 4.46. The maximum atomic E-state index is 13.1. The molecule has 0 saturated carbocycles. The number of aryl methyl sites for hydroxylation is 1. The van der Waals surface area contributed by atoms with Gasteiger partial charge < -0.3 is 14.5 Å². The van der Waals surface area contributed by atoms with Crippen LogP contribution >= 0.6 is 0 Å². The molecule has 3 aromatic heterocycles. The number of amides is 1. The molecular formula is C26H20F3N5O2. The zero-order valence-corrected chi connectivity index (χ0v) is 19.0. The second-order valence-corrected chi connectivity index (χ2v) is 8.16. The highest BCUT2D eigenvalue weighted by atomic mass is 19.4. The summed E-state index contributed by atoms with van der Waals surface area (Å²) in [5, 5.41) is 11.7. The first-order valence-corrected chi connectivity index (χ1v) is 11.0. The lowest BCUT2D eigenvalue weighted by Crippen LogP contribution is -2.13. The summed E-state index contributed by atoms with van der Waals surface area (Å²) in [6.07, 6.45) is 0.597. The minimum atomic E-state index is -4.43. The van der Waals surface area contributed by atoms with E-state index in [1.807, 2.05) is 13.0 Å². The molecule has 0 aliphatic heterocycles. The van der Waals surface area contributed by atoms with Gasteiger partial charge in [0, 0.05) is 11.9 Å². The van der Waals surface area contributed by atoms with Gasteiger partial charge in [-0.15, -0.1) is 0 Å². The number of pyridine rings is 1.